The van der Waals surface area contributed by atoms with Crippen LogP contribution in [-0.4, -0.2) is 30.9 Å². The van der Waals surface area contributed by atoms with Crippen molar-refractivity contribution in [2.45, 2.75) is 32.7 Å². The van der Waals surface area contributed by atoms with Crippen molar-refractivity contribution in [3.63, 3.8) is 0 Å². The Bertz CT molecular complexity index is 502. The summed E-state index contributed by atoms with van der Waals surface area (Å²) in [5.74, 6) is -0.158. The van der Waals surface area contributed by atoms with E-state index in [1.807, 2.05) is 29.6 Å². The first-order valence-corrected chi connectivity index (χ1v) is 7.14. The number of fused-ring (bicyclic) bond motifs is 1. The summed E-state index contributed by atoms with van der Waals surface area (Å²) >= 11 is 0. The smallest absolute Gasteiger partial charge is 0.282 e. The topological polar surface area (TPSA) is 66.0 Å². The number of nitrogens with one attached hydrogen (secondary N) is 1. The van der Waals surface area contributed by atoms with Crippen LogP contribution in [0.3, 0.4) is 0 Å². The molecule has 0 fully saturated rings. The largest absolute Gasteiger partial charge is 0.336 e. The summed E-state index contributed by atoms with van der Waals surface area (Å²) in [7, 11) is 0. The molecule has 1 atom stereocenters. The molecular weight excluding hydrogens is 254 g/mol. The second-order valence-electron chi connectivity index (χ2n) is 5.25. The fourth-order valence-corrected chi connectivity index (χ4v) is 2.44. The number of para-hydroxylation sites is 2. The Morgan fingerprint density at radius 2 is 2.20 bits per heavy atom. The monoisotopic (exact) mass is 276 g/mol. The number of nitrogens with two attached hydrogens (primary N) is 1. The van der Waals surface area contributed by atoms with Crippen molar-refractivity contribution < 1.29 is 14.9 Å². The maximum Gasteiger partial charge on any atom is 0.282 e. The minimum atomic E-state index is -0.140. The first-order valence-electron chi connectivity index (χ1n) is 7.14. The highest BCUT2D eigenvalue weighted by atomic mass is 16.2. The Labute approximate surface area is 119 Å². The Balaban J connectivity index is 2.05. The lowest BCUT2D eigenvalue weighted by Crippen LogP contribution is -2.91. The van der Waals surface area contributed by atoms with Crippen LogP contribution in [0.2, 0.25) is 0 Å². The first kappa shape index (κ1) is 14.5. The van der Waals surface area contributed by atoms with E-state index in [2.05, 4.69) is 19.2 Å². The Morgan fingerprint density at radius 1 is 1.45 bits per heavy atom. The number of hydrogen-bond donors (Lipinski definition) is 2. The van der Waals surface area contributed by atoms with Gasteiger partial charge < -0.3 is 10.6 Å². The molecule has 1 aliphatic heterocycles. The number of amides is 2. The molecule has 5 nitrogen and oxygen atoms in total. The average molecular weight is 276 g/mol. The molecule has 1 aromatic rings. The van der Waals surface area contributed by atoms with Crippen molar-refractivity contribution in [3.05, 3.63) is 24.3 Å². The van der Waals surface area contributed by atoms with Gasteiger partial charge in [0.25, 0.3) is 5.91 Å². The third kappa shape index (κ3) is 3.36. The summed E-state index contributed by atoms with van der Waals surface area (Å²) in [6.45, 7) is 4.74. The standard InChI is InChI=1S/C15H21N3O2/c1-3-6-11(2)16-9-15(20)18-10-14(19)17-12-7-4-5-8-13(12)18/h4-5,7-8,11,16H,3,6,9-10H2,1-2H3,(H,17,19)/p+1/t11-/m0/s1. The van der Waals surface area contributed by atoms with Gasteiger partial charge >= 0.3 is 0 Å². The van der Waals surface area contributed by atoms with Gasteiger partial charge in [-0.3, -0.25) is 14.5 Å². The summed E-state index contributed by atoms with van der Waals surface area (Å²) in [4.78, 5) is 25.6. The zero-order chi connectivity index (χ0) is 14.5. The maximum absolute atomic E-state index is 12.3. The van der Waals surface area contributed by atoms with Crippen LogP contribution in [0, 0.1) is 0 Å². The van der Waals surface area contributed by atoms with Gasteiger partial charge in [-0.05, 0) is 25.5 Å². The fraction of sp³-hybridized carbons (Fsp3) is 0.467. The van der Waals surface area contributed by atoms with Gasteiger partial charge in [0.2, 0.25) is 5.91 Å². The molecule has 0 saturated heterocycles. The zero-order valence-electron chi connectivity index (χ0n) is 12.1. The van der Waals surface area contributed by atoms with E-state index in [1.54, 1.807) is 4.90 Å². The molecule has 0 saturated carbocycles. The van der Waals surface area contributed by atoms with Crippen molar-refractivity contribution in [1.29, 1.82) is 0 Å². The summed E-state index contributed by atoms with van der Waals surface area (Å²) in [5.41, 5.74) is 1.49. The fourth-order valence-electron chi connectivity index (χ4n) is 2.44. The highest BCUT2D eigenvalue weighted by Crippen LogP contribution is 2.28. The van der Waals surface area contributed by atoms with Crippen molar-refractivity contribution in [1.82, 2.24) is 0 Å². The second-order valence-corrected chi connectivity index (χ2v) is 5.25. The van der Waals surface area contributed by atoms with Gasteiger partial charge in [0, 0.05) is 0 Å². The van der Waals surface area contributed by atoms with E-state index in [-0.39, 0.29) is 18.4 Å². The van der Waals surface area contributed by atoms with Gasteiger partial charge in [0.1, 0.15) is 6.54 Å². The lowest BCUT2D eigenvalue weighted by Gasteiger charge is -2.28. The van der Waals surface area contributed by atoms with E-state index in [0.717, 1.165) is 18.5 Å². The van der Waals surface area contributed by atoms with Crippen LogP contribution in [0.1, 0.15) is 26.7 Å². The Hall–Kier alpha value is -1.88. The molecule has 1 aliphatic rings. The predicted molar refractivity (Wildman–Crippen MR) is 78.6 cm³/mol. The van der Waals surface area contributed by atoms with Crippen LogP contribution in [0.25, 0.3) is 0 Å². The minimum absolute atomic E-state index is 0.0183. The van der Waals surface area contributed by atoms with Crippen molar-refractivity contribution in [2.75, 3.05) is 23.3 Å². The molecule has 0 spiro atoms. The highest BCUT2D eigenvalue weighted by molar-refractivity contribution is 6.10. The van der Waals surface area contributed by atoms with Crippen molar-refractivity contribution in [2.24, 2.45) is 0 Å². The van der Waals surface area contributed by atoms with Crippen LogP contribution in [0.5, 0.6) is 0 Å². The molecule has 2 amide bonds. The van der Waals surface area contributed by atoms with Gasteiger partial charge in [-0.1, -0.05) is 25.5 Å². The summed E-state index contributed by atoms with van der Waals surface area (Å²) in [6, 6.07) is 7.83. The normalized spacial score (nSPS) is 15.5. The molecule has 0 bridgehead atoms. The molecule has 2 rings (SSSR count). The van der Waals surface area contributed by atoms with Gasteiger partial charge in [0.05, 0.1) is 17.4 Å². The van der Waals surface area contributed by atoms with E-state index in [0.29, 0.717) is 18.3 Å². The summed E-state index contributed by atoms with van der Waals surface area (Å²) in [6.07, 6.45) is 2.20. The molecule has 0 aromatic heterocycles. The lowest BCUT2D eigenvalue weighted by atomic mass is 10.2. The molecule has 3 N–H and O–H groups in total. The Kier molecular flexibility index (Phi) is 4.74. The van der Waals surface area contributed by atoms with E-state index < -0.39 is 0 Å². The quantitative estimate of drug-likeness (QED) is 0.832. The van der Waals surface area contributed by atoms with Gasteiger partial charge in [-0.15, -0.1) is 0 Å². The van der Waals surface area contributed by atoms with Gasteiger partial charge in [-0.2, -0.15) is 0 Å². The van der Waals surface area contributed by atoms with E-state index in [4.69, 9.17) is 0 Å². The summed E-state index contributed by atoms with van der Waals surface area (Å²) < 4.78 is 0. The molecule has 0 unspecified atom stereocenters. The molecule has 0 radical (unpaired) electrons. The average Bonchev–Trinajstić information content (AvgIpc) is 2.44. The van der Waals surface area contributed by atoms with Crippen LogP contribution < -0.4 is 15.5 Å². The zero-order valence-corrected chi connectivity index (χ0v) is 12.1. The van der Waals surface area contributed by atoms with Gasteiger partial charge in [0.15, 0.2) is 6.54 Å². The molecule has 1 aromatic carbocycles. The number of nitrogens with zero attached hydrogens (tertiary/aromatic N) is 1. The van der Waals surface area contributed by atoms with E-state index in [1.165, 1.54) is 0 Å². The minimum Gasteiger partial charge on any atom is -0.336 e. The van der Waals surface area contributed by atoms with Gasteiger partial charge in [-0.25, -0.2) is 0 Å². The highest BCUT2D eigenvalue weighted by Gasteiger charge is 2.27. The maximum atomic E-state index is 12.3. The van der Waals surface area contributed by atoms with Crippen LogP contribution >= 0.6 is 0 Å². The van der Waals surface area contributed by atoms with Crippen LogP contribution in [-0.2, 0) is 9.59 Å². The van der Waals surface area contributed by atoms with Crippen LogP contribution in [0.4, 0.5) is 11.4 Å². The van der Waals surface area contributed by atoms with Crippen LogP contribution in [0.15, 0.2) is 24.3 Å². The van der Waals surface area contributed by atoms with E-state index >= 15 is 0 Å². The van der Waals surface area contributed by atoms with Crippen molar-refractivity contribution in [3.8, 4) is 0 Å². The lowest BCUT2D eigenvalue weighted by molar-refractivity contribution is -0.676. The summed E-state index contributed by atoms with van der Waals surface area (Å²) in [5, 5.41) is 4.83. The number of benzene rings is 1. The third-order valence-corrected chi connectivity index (χ3v) is 3.51. The first-order chi connectivity index (χ1) is 9.61. The predicted octanol–water partition coefficient (Wildman–Crippen LogP) is 0.724. The number of carbonyl (C=O) groups excluding carboxylic acids is 2. The number of anilines is 2. The van der Waals surface area contributed by atoms with E-state index in [9.17, 15) is 9.59 Å². The number of carbonyl (C=O) groups is 2. The molecule has 0 aliphatic carbocycles. The molecule has 20 heavy (non-hydrogen) atoms. The second kappa shape index (κ2) is 6.52. The number of hydrogen-bond acceptors (Lipinski definition) is 2. The molecule has 1 heterocycles. The third-order valence-electron chi connectivity index (χ3n) is 3.51. The SMILES string of the molecule is CCC[C@H](C)[NH2+]CC(=O)N1CC(=O)Nc2ccccc21. The number of rotatable bonds is 5. The molecule has 108 valence electrons. The molecule has 5 heteroatoms. The van der Waals surface area contributed by atoms with Crippen molar-refractivity contribution >= 4 is 23.2 Å². The number of quaternary nitrogens is 1. The molecular formula is C15H22N3O2+. The Morgan fingerprint density at radius 3 is 2.95 bits per heavy atom.